The molecule has 2 aliphatic heterocycles. The van der Waals surface area contributed by atoms with Crippen molar-refractivity contribution >= 4 is 29.1 Å². The standard InChI is InChI=1S/C17H16F4N6O/c1-7-15(22)27(16(23)11-6-24-8(2)25-11)4-3-26(7)17(28)9-5-10(18)13(20)14(21)12(9)19/h5,7,22-23H,3-4,6H2,1-2H3/t7-/m1/s1. The fourth-order valence-corrected chi connectivity index (χ4v) is 3.03. The van der Waals surface area contributed by atoms with Gasteiger partial charge < -0.3 is 9.80 Å². The molecule has 2 aliphatic rings. The van der Waals surface area contributed by atoms with Gasteiger partial charge in [-0.15, -0.1) is 0 Å². The molecule has 2 N–H and O–H groups in total. The summed E-state index contributed by atoms with van der Waals surface area (Å²) in [5.74, 6) is -8.26. The molecule has 1 aromatic rings. The van der Waals surface area contributed by atoms with Gasteiger partial charge in [0.05, 0.1) is 18.2 Å². The average molecular weight is 396 g/mol. The van der Waals surface area contributed by atoms with Gasteiger partial charge in [0.15, 0.2) is 23.3 Å². The van der Waals surface area contributed by atoms with E-state index in [0.29, 0.717) is 17.6 Å². The largest absolute Gasteiger partial charge is 0.327 e. The Morgan fingerprint density at radius 2 is 1.86 bits per heavy atom. The number of benzene rings is 1. The molecular weight excluding hydrogens is 380 g/mol. The summed E-state index contributed by atoms with van der Waals surface area (Å²) in [5, 5.41) is 16.5. The maximum absolute atomic E-state index is 14.0. The van der Waals surface area contributed by atoms with Crippen molar-refractivity contribution in [2.45, 2.75) is 19.9 Å². The zero-order valence-corrected chi connectivity index (χ0v) is 15.0. The topological polar surface area (TPSA) is 96.0 Å². The smallest absolute Gasteiger partial charge is 0.257 e. The number of nitrogens with zero attached hydrogens (tertiary/aromatic N) is 4. The molecule has 3 rings (SSSR count). The molecule has 0 aliphatic carbocycles. The molecule has 0 bridgehead atoms. The molecule has 1 aromatic carbocycles. The summed E-state index contributed by atoms with van der Waals surface area (Å²) in [6, 6.07) is -0.616. The van der Waals surface area contributed by atoms with Crippen molar-refractivity contribution in [3.63, 3.8) is 0 Å². The molecule has 0 saturated carbocycles. The first-order chi connectivity index (χ1) is 13.1. The second kappa shape index (κ2) is 7.13. The summed E-state index contributed by atoms with van der Waals surface area (Å²) in [4.78, 5) is 23.1. The molecule has 7 nitrogen and oxygen atoms in total. The van der Waals surface area contributed by atoms with Gasteiger partial charge in [0.2, 0.25) is 0 Å². The Morgan fingerprint density at radius 1 is 1.18 bits per heavy atom. The van der Waals surface area contributed by atoms with E-state index in [0.717, 1.165) is 4.90 Å². The number of amidine groups is 3. The first kappa shape index (κ1) is 19.6. The van der Waals surface area contributed by atoms with Crippen molar-refractivity contribution in [1.29, 1.82) is 10.8 Å². The van der Waals surface area contributed by atoms with E-state index in [-0.39, 0.29) is 31.3 Å². The van der Waals surface area contributed by atoms with E-state index < -0.39 is 40.8 Å². The van der Waals surface area contributed by atoms with Crippen LogP contribution in [0.25, 0.3) is 0 Å². The van der Waals surface area contributed by atoms with Crippen LogP contribution >= 0.6 is 0 Å². The first-order valence-electron chi connectivity index (χ1n) is 8.31. The van der Waals surface area contributed by atoms with Crippen molar-refractivity contribution in [3.05, 3.63) is 34.9 Å². The highest BCUT2D eigenvalue weighted by Crippen LogP contribution is 2.23. The number of halogens is 4. The summed E-state index contributed by atoms with van der Waals surface area (Å²) in [5.41, 5.74) is -0.577. The quantitative estimate of drug-likeness (QED) is 0.264. The number of rotatable bonds is 2. The van der Waals surface area contributed by atoms with Gasteiger partial charge in [0, 0.05) is 13.1 Å². The minimum absolute atomic E-state index is 0.0274. The second-order valence-electron chi connectivity index (χ2n) is 6.33. The van der Waals surface area contributed by atoms with Gasteiger partial charge in [0.25, 0.3) is 5.91 Å². The predicted molar refractivity (Wildman–Crippen MR) is 94.3 cm³/mol. The molecule has 1 atom stereocenters. The molecule has 11 heteroatoms. The van der Waals surface area contributed by atoms with Gasteiger partial charge in [-0.3, -0.25) is 20.6 Å². The number of carbonyl (C=O) groups excluding carboxylic acids is 1. The third-order valence-corrected chi connectivity index (χ3v) is 4.61. The van der Waals surface area contributed by atoms with Crippen molar-refractivity contribution in [3.8, 4) is 0 Å². The zero-order chi connectivity index (χ0) is 20.7. The summed E-state index contributed by atoms with van der Waals surface area (Å²) < 4.78 is 54.0. The second-order valence-corrected chi connectivity index (χ2v) is 6.33. The van der Waals surface area contributed by atoms with Gasteiger partial charge in [-0.25, -0.2) is 22.6 Å². The summed E-state index contributed by atoms with van der Waals surface area (Å²) in [6.45, 7) is 3.34. The monoisotopic (exact) mass is 396 g/mol. The van der Waals surface area contributed by atoms with Gasteiger partial charge in [0.1, 0.15) is 23.2 Å². The molecular formula is C17H16F4N6O. The molecule has 0 aromatic heterocycles. The SMILES string of the molecule is CC1=NCC(C(=N)N2CCN(C(=O)c3cc(F)c(F)c(F)c3F)[C@H](C)C2=N)=N1. The van der Waals surface area contributed by atoms with Crippen LogP contribution in [-0.2, 0) is 0 Å². The van der Waals surface area contributed by atoms with Gasteiger partial charge in [-0.2, -0.15) is 0 Å². The molecule has 1 fully saturated rings. The Kier molecular flexibility index (Phi) is 5.01. The van der Waals surface area contributed by atoms with E-state index in [1.807, 2.05) is 0 Å². The third-order valence-electron chi connectivity index (χ3n) is 4.61. The number of hydrogen-bond donors (Lipinski definition) is 2. The highest BCUT2D eigenvalue weighted by molar-refractivity contribution is 6.45. The number of aliphatic imine (C=N–C) groups is 2. The molecule has 0 spiro atoms. The van der Waals surface area contributed by atoms with Gasteiger partial charge in [-0.05, 0) is 19.9 Å². The maximum Gasteiger partial charge on any atom is 0.257 e. The number of amides is 1. The van der Waals surface area contributed by atoms with Crippen molar-refractivity contribution in [1.82, 2.24) is 9.80 Å². The number of carbonyl (C=O) groups is 1. The minimum Gasteiger partial charge on any atom is -0.327 e. The Labute approximate surface area is 157 Å². The average Bonchev–Trinajstić information content (AvgIpc) is 3.10. The molecule has 0 unspecified atom stereocenters. The Morgan fingerprint density at radius 3 is 2.46 bits per heavy atom. The van der Waals surface area contributed by atoms with Crippen LogP contribution in [-0.4, -0.2) is 64.6 Å². The number of nitrogens with one attached hydrogen (secondary N) is 2. The molecule has 0 radical (unpaired) electrons. The summed E-state index contributed by atoms with van der Waals surface area (Å²) in [6.07, 6.45) is 0. The third kappa shape index (κ3) is 3.16. The lowest BCUT2D eigenvalue weighted by atomic mass is 10.1. The molecule has 1 amide bonds. The van der Waals surface area contributed by atoms with E-state index in [9.17, 15) is 22.4 Å². The molecule has 2 heterocycles. The van der Waals surface area contributed by atoms with E-state index in [1.54, 1.807) is 6.92 Å². The minimum atomic E-state index is -2.07. The highest BCUT2D eigenvalue weighted by atomic mass is 19.2. The highest BCUT2D eigenvalue weighted by Gasteiger charge is 2.37. The molecule has 1 saturated heterocycles. The van der Waals surface area contributed by atoms with Crippen LogP contribution in [0.2, 0.25) is 0 Å². The van der Waals surface area contributed by atoms with E-state index in [1.165, 1.54) is 11.8 Å². The van der Waals surface area contributed by atoms with Gasteiger partial charge >= 0.3 is 0 Å². The van der Waals surface area contributed by atoms with E-state index >= 15 is 0 Å². The maximum atomic E-state index is 14.0. The van der Waals surface area contributed by atoms with Crippen molar-refractivity contribution in [2.75, 3.05) is 19.6 Å². The lowest BCUT2D eigenvalue weighted by Crippen LogP contribution is -2.59. The summed E-state index contributed by atoms with van der Waals surface area (Å²) in [7, 11) is 0. The zero-order valence-electron chi connectivity index (χ0n) is 15.0. The number of hydrogen-bond acceptors (Lipinski definition) is 5. The van der Waals surface area contributed by atoms with Crippen molar-refractivity contribution in [2.24, 2.45) is 9.98 Å². The van der Waals surface area contributed by atoms with Crippen LogP contribution in [0.5, 0.6) is 0 Å². The normalized spacial score (nSPS) is 19.6. The van der Waals surface area contributed by atoms with E-state index in [4.69, 9.17) is 10.8 Å². The van der Waals surface area contributed by atoms with Crippen LogP contribution in [0.3, 0.4) is 0 Å². The van der Waals surface area contributed by atoms with Crippen LogP contribution in [0.4, 0.5) is 17.6 Å². The fourth-order valence-electron chi connectivity index (χ4n) is 3.03. The Balaban J connectivity index is 1.82. The Bertz CT molecular complexity index is 957. The van der Waals surface area contributed by atoms with Crippen LogP contribution in [0.1, 0.15) is 24.2 Å². The summed E-state index contributed by atoms with van der Waals surface area (Å²) >= 11 is 0. The Hall–Kier alpha value is -3.11. The molecule has 148 valence electrons. The predicted octanol–water partition coefficient (Wildman–Crippen LogP) is 2.22. The number of piperazine rings is 1. The lowest BCUT2D eigenvalue weighted by molar-refractivity contribution is 0.0694. The van der Waals surface area contributed by atoms with Crippen molar-refractivity contribution < 1.29 is 22.4 Å². The lowest BCUT2D eigenvalue weighted by Gasteiger charge is -2.41. The first-order valence-corrected chi connectivity index (χ1v) is 8.31. The molecule has 28 heavy (non-hydrogen) atoms. The van der Waals surface area contributed by atoms with Crippen LogP contribution in [0.15, 0.2) is 16.1 Å². The van der Waals surface area contributed by atoms with Crippen LogP contribution < -0.4 is 0 Å². The fraction of sp³-hybridized carbons (Fsp3) is 0.353. The van der Waals surface area contributed by atoms with Gasteiger partial charge in [-0.1, -0.05) is 0 Å². The van der Waals surface area contributed by atoms with Crippen LogP contribution in [0, 0.1) is 34.1 Å². The van der Waals surface area contributed by atoms with E-state index in [2.05, 4.69) is 9.98 Å².